The number of hydrogen-bond acceptors (Lipinski definition) is 6. The molecule has 0 saturated carbocycles. The van der Waals surface area contributed by atoms with E-state index < -0.39 is 20.6 Å². The fourth-order valence-corrected chi connectivity index (χ4v) is 2.63. The van der Waals surface area contributed by atoms with Crippen LogP contribution >= 0.6 is 0 Å². The summed E-state index contributed by atoms with van der Waals surface area (Å²) in [6.45, 7) is 6.50. The summed E-state index contributed by atoms with van der Waals surface area (Å²) in [5.41, 5.74) is 6.89. The topological polar surface area (TPSA) is 104 Å². The van der Waals surface area contributed by atoms with Gasteiger partial charge in [-0.15, -0.1) is 0 Å². The Bertz CT molecular complexity index is 627. The number of aromatic nitrogens is 2. The molecule has 0 unspecified atom stereocenters. The number of ether oxygens (including phenoxy) is 1. The molecule has 120 valence electrons. The van der Waals surface area contributed by atoms with Crippen LogP contribution in [0.15, 0.2) is 0 Å². The lowest BCUT2D eigenvalue weighted by atomic mass is 10.2. The van der Waals surface area contributed by atoms with Gasteiger partial charge in [0.2, 0.25) is 0 Å². The molecule has 1 heterocycles. The molecule has 0 aromatic carbocycles. The second kappa shape index (κ2) is 6.05. The Balaban J connectivity index is 2.75. The zero-order valence-corrected chi connectivity index (χ0v) is 14.0. The van der Waals surface area contributed by atoms with Gasteiger partial charge in [0.1, 0.15) is 6.61 Å². The smallest absolute Gasteiger partial charge is 0.358 e. The van der Waals surface area contributed by atoms with Gasteiger partial charge in [-0.3, -0.25) is 4.68 Å². The van der Waals surface area contributed by atoms with E-state index in [1.807, 2.05) is 6.92 Å². The number of carbonyl (C=O) groups is 1. The summed E-state index contributed by atoms with van der Waals surface area (Å²) in [5, 5.41) is 4.12. The molecule has 8 heteroatoms. The summed E-state index contributed by atoms with van der Waals surface area (Å²) in [7, 11) is -1.73. The van der Waals surface area contributed by atoms with Crippen molar-refractivity contribution in [3.8, 4) is 0 Å². The lowest BCUT2D eigenvalue weighted by molar-refractivity contribution is 0.0517. The van der Waals surface area contributed by atoms with Crippen molar-refractivity contribution in [2.75, 3.05) is 18.1 Å². The highest BCUT2D eigenvalue weighted by Crippen LogP contribution is 2.19. The van der Waals surface area contributed by atoms with Crippen LogP contribution < -0.4 is 5.73 Å². The van der Waals surface area contributed by atoms with Crippen molar-refractivity contribution >= 4 is 21.5 Å². The fraction of sp³-hybridized carbons (Fsp3) is 0.692. The molecule has 0 aliphatic heterocycles. The molecule has 0 fully saturated rings. The van der Waals surface area contributed by atoms with Crippen molar-refractivity contribution in [1.82, 2.24) is 9.78 Å². The molecule has 7 nitrogen and oxygen atoms in total. The van der Waals surface area contributed by atoms with Crippen LogP contribution in [0.4, 0.5) is 5.69 Å². The van der Waals surface area contributed by atoms with E-state index in [4.69, 9.17) is 10.5 Å². The Morgan fingerprint density at radius 2 is 1.95 bits per heavy atom. The van der Waals surface area contributed by atoms with E-state index in [-0.39, 0.29) is 23.7 Å². The van der Waals surface area contributed by atoms with E-state index >= 15 is 0 Å². The Hall–Kier alpha value is -1.57. The van der Waals surface area contributed by atoms with Crippen molar-refractivity contribution in [3.05, 3.63) is 11.4 Å². The number of nitrogen functional groups attached to an aromatic ring is 1. The first-order chi connectivity index (χ1) is 9.51. The number of esters is 1. The van der Waals surface area contributed by atoms with Crippen molar-refractivity contribution in [2.45, 2.75) is 38.9 Å². The van der Waals surface area contributed by atoms with E-state index in [9.17, 15) is 13.2 Å². The van der Waals surface area contributed by atoms with Crippen LogP contribution in [0.1, 0.15) is 43.9 Å². The molecular weight excluding hydrogens is 294 g/mol. The molecule has 1 aromatic rings. The first kappa shape index (κ1) is 17.5. The SMILES string of the molecule is CCc1nn(C)c(C(=O)OCCS(=O)(=O)C(C)(C)C)c1N. The molecule has 0 saturated heterocycles. The van der Waals surface area contributed by atoms with Gasteiger partial charge >= 0.3 is 5.97 Å². The predicted molar refractivity (Wildman–Crippen MR) is 80.8 cm³/mol. The van der Waals surface area contributed by atoms with Crippen molar-refractivity contribution in [2.24, 2.45) is 7.05 Å². The van der Waals surface area contributed by atoms with E-state index in [1.54, 1.807) is 27.8 Å². The number of sulfone groups is 1. The summed E-state index contributed by atoms with van der Waals surface area (Å²) in [6.07, 6.45) is 0.603. The normalized spacial score (nSPS) is 12.4. The average Bonchev–Trinajstić information content (AvgIpc) is 2.62. The van der Waals surface area contributed by atoms with Gasteiger partial charge in [0.15, 0.2) is 15.5 Å². The van der Waals surface area contributed by atoms with E-state index in [0.717, 1.165) is 0 Å². The predicted octanol–water partition coefficient (Wildman–Crippen LogP) is 0.935. The third-order valence-corrected chi connectivity index (χ3v) is 5.78. The second-order valence-corrected chi connectivity index (χ2v) is 8.62. The summed E-state index contributed by atoms with van der Waals surface area (Å²) in [5.74, 6) is -0.882. The van der Waals surface area contributed by atoms with Crippen LogP contribution in [0.25, 0.3) is 0 Å². The molecular formula is C13H23N3O4S. The third-order valence-electron chi connectivity index (χ3n) is 3.21. The number of carbonyl (C=O) groups excluding carboxylic acids is 1. The number of aryl methyl sites for hydroxylation is 2. The molecule has 0 atom stereocenters. The summed E-state index contributed by atoms with van der Waals surface area (Å²) in [6, 6.07) is 0. The summed E-state index contributed by atoms with van der Waals surface area (Å²) in [4.78, 5) is 12.0. The standard InChI is InChI=1S/C13H23N3O4S/c1-6-9-10(14)11(16(5)15-9)12(17)20-7-8-21(18,19)13(2,3)4/h6-8,14H2,1-5H3. The highest BCUT2D eigenvalue weighted by atomic mass is 32.2. The minimum absolute atomic E-state index is 0.153. The maximum absolute atomic E-state index is 12.0. The minimum atomic E-state index is -3.33. The van der Waals surface area contributed by atoms with E-state index in [0.29, 0.717) is 12.1 Å². The Morgan fingerprint density at radius 1 is 1.38 bits per heavy atom. The minimum Gasteiger partial charge on any atom is -0.460 e. The van der Waals surface area contributed by atoms with Crippen LogP contribution in [-0.4, -0.2) is 41.3 Å². The van der Waals surface area contributed by atoms with Crippen LogP contribution in [0.2, 0.25) is 0 Å². The largest absolute Gasteiger partial charge is 0.460 e. The fourth-order valence-electron chi connectivity index (χ4n) is 1.72. The second-order valence-electron chi connectivity index (χ2n) is 5.75. The molecule has 21 heavy (non-hydrogen) atoms. The number of anilines is 1. The highest BCUT2D eigenvalue weighted by Gasteiger charge is 2.29. The van der Waals surface area contributed by atoms with Crippen LogP contribution in [0, 0.1) is 0 Å². The first-order valence-electron chi connectivity index (χ1n) is 6.72. The van der Waals surface area contributed by atoms with Crippen molar-refractivity contribution in [1.29, 1.82) is 0 Å². The summed E-state index contributed by atoms with van der Waals surface area (Å²) < 4.78 is 29.3. The number of rotatable bonds is 5. The Morgan fingerprint density at radius 3 is 2.38 bits per heavy atom. The quantitative estimate of drug-likeness (QED) is 0.810. The van der Waals surface area contributed by atoms with Gasteiger partial charge in [-0.25, -0.2) is 13.2 Å². The van der Waals surface area contributed by atoms with Gasteiger partial charge in [-0.2, -0.15) is 5.10 Å². The molecule has 0 radical (unpaired) electrons. The van der Waals surface area contributed by atoms with Gasteiger partial charge in [0, 0.05) is 7.05 Å². The number of nitrogens with two attached hydrogens (primary N) is 1. The van der Waals surface area contributed by atoms with Crippen LogP contribution in [0.3, 0.4) is 0 Å². The number of hydrogen-bond donors (Lipinski definition) is 1. The van der Waals surface area contributed by atoms with Gasteiger partial charge in [-0.05, 0) is 27.2 Å². The Labute approximate surface area is 125 Å². The lowest BCUT2D eigenvalue weighted by Crippen LogP contribution is -2.32. The van der Waals surface area contributed by atoms with Crippen molar-refractivity contribution < 1.29 is 17.9 Å². The zero-order valence-electron chi connectivity index (χ0n) is 13.1. The average molecular weight is 317 g/mol. The zero-order chi connectivity index (χ0) is 16.4. The summed E-state index contributed by atoms with van der Waals surface area (Å²) >= 11 is 0. The molecule has 1 aromatic heterocycles. The van der Waals surface area contributed by atoms with Gasteiger partial charge in [0.05, 0.1) is 21.9 Å². The van der Waals surface area contributed by atoms with E-state index in [2.05, 4.69) is 5.10 Å². The molecule has 2 N–H and O–H groups in total. The molecule has 0 amide bonds. The number of nitrogens with zero attached hydrogens (tertiary/aromatic N) is 2. The maximum atomic E-state index is 12.0. The maximum Gasteiger partial charge on any atom is 0.358 e. The van der Waals surface area contributed by atoms with Gasteiger partial charge in [-0.1, -0.05) is 6.92 Å². The van der Waals surface area contributed by atoms with Crippen molar-refractivity contribution in [3.63, 3.8) is 0 Å². The van der Waals surface area contributed by atoms with Gasteiger partial charge < -0.3 is 10.5 Å². The van der Waals surface area contributed by atoms with Crippen LogP contribution in [-0.2, 0) is 28.0 Å². The Kier molecular flexibility index (Phi) is 5.03. The highest BCUT2D eigenvalue weighted by molar-refractivity contribution is 7.92. The van der Waals surface area contributed by atoms with E-state index in [1.165, 1.54) is 4.68 Å². The monoisotopic (exact) mass is 317 g/mol. The lowest BCUT2D eigenvalue weighted by Gasteiger charge is -2.18. The molecule has 0 aliphatic carbocycles. The first-order valence-corrected chi connectivity index (χ1v) is 8.37. The molecule has 0 bridgehead atoms. The van der Waals surface area contributed by atoms with Crippen LogP contribution in [0.5, 0.6) is 0 Å². The molecule has 0 aliphatic rings. The van der Waals surface area contributed by atoms with Gasteiger partial charge in [0.25, 0.3) is 0 Å². The molecule has 1 rings (SSSR count). The molecule has 0 spiro atoms. The third kappa shape index (κ3) is 3.75.